The third-order valence-electron chi connectivity index (χ3n) is 6.03. The number of nitrogens with zero attached hydrogens (tertiary/aromatic N) is 1. The van der Waals surface area contributed by atoms with E-state index in [2.05, 4.69) is 5.32 Å². The summed E-state index contributed by atoms with van der Waals surface area (Å²) in [4.78, 5) is 41.7. The van der Waals surface area contributed by atoms with Crippen molar-refractivity contribution >= 4 is 51.6 Å². The van der Waals surface area contributed by atoms with Crippen LogP contribution in [0.2, 0.25) is 0 Å². The van der Waals surface area contributed by atoms with Crippen LogP contribution < -0.4 is 10.2 Å². The quantitative estimate of drug-likeness (QED) is 0.355. The van der Waals surface area contributed by atoms with Gasteiger partial charge >= 0.3 is 0 Å². The molecule has 3 amide bonds. The van der Waals surface area contributed by atoms with E-state index in [1.54, 1.807) is 12.1 Å². The van der Waals surface area contributed by atoms with Gasteiger partial charge in [-0.25, -0.2) is 4.90 Å². The Morgan fingerprint density at radius 3 is 2.26 bits per heavy atom. The van der Waals surface area contributed by atoms with E-state index in [0.717, 1.165) is 26.3 Å². The molecule has 1 N–H and O–H groups in total. The van der Waals surface area contributed by atoms with Gasteiger partial charge in [0, 0.05) is 33.2 Å². The molecule has 168 valence electrons. The van der Waals surface area contributed by atoms with Gasteiger partial charge in [-0.3, -0.25) is 14.4 Å². The highest BCUT2D eigenvalue weighted by atomic mass is 32.2. The minimum absolute atomic E-state index is 0.146. The number of nitrogens with one attached hydrogen (secondary N) is 1. The lowest BCUT2D eigenvalue weighted by molar-refractivity contribution is -0.114. The number of para-hydroxylation sites is 1. The largest absolute Gasteiger partial charge is 0.325 e. The summed E-state index contributed by atoms with van der Waals surface area (Å²) in [5.41, 5.74) is 4.42. The minimum Gasteiger partial charge on any atom is -0.325 e. The molecule has 0 radical (unpaired) electrons. The monoisotopic (exact) mass is 466 g/mol. The SMILES string of the molecule is CC(=O)Nc1ccccc1Sc1ccc2c3c(cccc13)C(=O)N(c1ccc(C)c(C)c1)C2=O. The summed E-state index contributed by atoms with van der Waals surface area (Å²) in [5, 5.41) is 4.36. The average molecular weight is 467 g/mol. The molecule has 5 nitrogen and oxygen atoms in total. The highest BCUT2D eigenvalue weighted by Gasteiger charge is 2.34. The van der Waals surface area contributed by atoms with E-state index in [1.807, 2.05) is 74.5 Å². The van der Waals surface area contributed by atoms with Crippen LogP contribution in [0.25, 0.3) is 10.8 Å². The van der Waals surface area contributed by atoms with Crippen molar-refractivity contribution < 1.29 is 14.4 Å². The van der Waals surface area contributed by atoms with Crippen molar-refractivity contribution in [3.8, 4) is 0 Å². The molecule has 0 saturated heterocycles. The van der Waals surface area contributed by atoms with Gasteiger partial charge in [0.25, 0.3) is 11.8 Å². The molecule has 0 aliphatic carbocycles. The molecular weight excluding hydrogens is 444 g/mol. The first-order valence-corrected chi connectivity index (χ1v) is 11.7. The van der Waals surface area contributed by atoms with Crippen LogP contribution in [-0.4, -0.2) is 17.7 Å². The van der Waals surface area contributed by atoms with E-state index in [4.69, 9.17) is 0 Å². The maximum Gasteiger partial charge on any atom is 0.265 e. The summed E-state index contributed by atoms with van der Waals surface area (Å²) < 4.78 is 0. The fourth-order valence-corrected chi connectivity index (χ4v) is 5.25. The van der Waals surface area contributed by atoms with Gasteiger partial charge in [0.05, 0.1) is 11.4 Å². The van der Waals surface area contributed by atoms with Crippen molar-refractivity contribution in [1.29, 1.82) is 0 Å². The number of carbonyl (C=O) groups excluding carboxylic acids is 3. The zero-order chi connectivity index (χ0) is 24.0. The molecule has 0 atom stereocenters. The van der Waals surface area contributed by atoms with Gasteiger partial charge in [-0.15, -0.1) is 0 Å². The Labute approximate surface area is 201 Å². The minimum atomic E-state index is -0.327. The first-order chi connectivity index (χ1) is 16.3. The van der Waals surface area contributed by atoms with E-state index < -0.39 is 0 Å². The molecule has 0 aromatic heterocycles. The number of hydrogen-bond donors (Lipinski definition) is 1. The second-order valence-electron chi connectivity index (χ2n) is 8.33. The number of imide groups is 1. The fourth-order valence-electron chi connectivity index (χ4n) is 4.22. The van der Waals surface area contributed by atoms with Crippen LogP contribution in [0.5, 0.6) is 0 Å². The molecule has 0 saturated carbocycles. The molecule has 0 unspecified atom stereocenters. The zero-order valence-corrected chi connectivity index (χ0v) is 19.8. The van der Waals surface area contributed by atoms with Gasteiger partial charge in [0.2, 0.25) is 5.91 Å². The van der Waals surface area contributed by atoms with Gasteiger partial charge in [-0.1, -0.05) is 42.1 Å². The lowest BCUT2D eigenvalue weighted by atomic mass is 9.93. The van der Waals surface area contributed by atoms with E-state index in [1.165, 1.54) is 23.6 Å². The van der Waals surface area contributed by atoms with Gasteiger partial charge < -0.3 is 5.32 Å². The topological polar surface area (TPSA) is 66.5 Å². The smallest absolute Gasteiger partial charge is 0.265 e. The molecular formula is C28H22N2O3S. The molecule has 34 heavy (non-hydrogen) atoms. The average Bonchev–Trinajstić information content (AvgIpc) is 2.81. The Morgan fingerprint density at radius 2 is 1.53 bits per heavy atom. The molecule has 1 heterocycles. The maximum absolute atomic E-state index is 13.5. The van der Waals surface area contributed by atoms with Crippen molar-refractivity contribution in [2.75, 3.05) is 10.2 Å². The Morgan fingerprint density at radius 1 is 0.794 bits per heavy atom. The van der Waals surface area contributed by atoms with Gasteiger partial charge in [0.15, 0.2) is 0 Å². The maximum atomic E-state index is 13.5. The molecule has 4 aromatic carbocycles. The van der Waals surface area contributed by atoms with E-state index in [-0.39, 0.29) is 17.7 Å². The molecule has 0 fully saturated rings. The second kappa shape index (κ2) is 8.47. The summed E-state index contributed by atoms with van der Waals surface area (Å²) in [6.45, 7) is 5.44. The van der Waals surface area contributed by atoms with Crippen LogP contribution >= 0.6 is 11.8 Å². The van der Waals surface area contributed by atoms with E-state index >= 15 is 0 Å². The number of benzene rings is 4. The highest BCUT2D eigenvalue weighted by Crippen LogP contribution is 2.41. The number of hydrogen-bond acceptors (Lipinski definition) is 4. The molecule has 6 heteroatoms. The van der Waals surface area contributed by atoms with E-state index in [9.17, 15) is 14.4 Å². The molecule has 0 spiro atoms. The summed E-state index contributed by atoms with van der Waals surface area (Å²) in [6.07, 6.45) is 0. The molecule has 0 bridgehead atoms. The number of anilines is 2. The standard InChI is InChI=1S/C28H22N2O3S/c1-16-11-12-19(15-17(16)2)30-27(32)21-8-6-7-20-24(14-13-22(26(20)21)28(30)33)34-25-10-5-4-9-23(25)29-18(3)31/h4-15H,1-3H3,(H,29,31). The summed E-state index contributed by atoms with van der Waals surface area (Å²) in [5.74, 6) is -0.799. The Hall–Kier alpha value is -3.90. The normalized spacial score (nSPS) is 12.9. The van der Waals surface area contributed by atoms with Gasteiger partial charge in [-0.2, -0.15) is 0 Å². The highest BCUT2D eigenvalue weighted by molar-refractivity contribution is 7.99. The molecule has 5 rings (SSSR count). The second-order valence-corrected chi connectivity index (χ2v) is 9.42. The van der Waals surface area contributed by atoms with Crippen LogP contribution in [0.4, 0.5) is 11.4 Å². The van der Waals surface area contributed by atoms with Crippen molar-refractivity contribution in [1.82, 2.24) is 0 Å². The van der Waals surface area contributed by atoms with Crippen molar-refractivity contribution in [2.45, 2.75) is 30.6 Å². The Bertz CT molecular complexity index is 1490. The van der Waals surface area contributed by atoms with Crippen LogP contribution in [0.15, 0.2) is 82.6 Å². The lowest BCUT2D eigenvalue weighted by Crippen LogP contribution is -2.40. The van der Waals surface area contributed by atoms with Crippen molar-refractivity contribution in [2.24, 2.45) is 0 Å². The number of rotatable bonds is 4. The van der Waals surface area contributed by atoms with E-state index in [0.29, 0.717) is 27.9 Å². The zero-order valence-electron chi connectivity index (χ0n) is 19.0. The Balaban J connectivity index is 1.61. The van der Waals surface area contributed by atoms with Gasteiger partial charge in [0.1, 0.15) is 0 Å². The number of amides is 3. The van der Waals surface area contributed by atoms with Crippen molar-refractivity contribution in [3.63, 3.8) is 0 Å². The number of carbonyl (C=O) groups is 3. The molecule has 1 aliphatic rings. The summed E-state index contributed by atoms with van der Waals surface area (Å²) in [7, 11) is 0. The fraction of sp³-hybridized carbons (Fsp3) is 0.107. The van der Waals surface area contributed by atoms with Crippen molar-refractivity contribution in [3.05, 3.63) is 95.1 Å². The Kier molecular flexibility index (Phi) is 5.46. The van der Waals surface area contributed by atoms with Crippen LogP contribution in [0, 0.1) is 13.8 Å². The summed E-state index contributed by atoms with van der Waals surface area (Å²) in [6, 6.07) is 22.4. The number of aryl methyl sites for hydroxylation is 2. The first kappa shape index (κ1) is 21.9. The van der Waals surface area contributed by atoms with Crippen LogP contribution in [0.1, 0.15) is 38.8 Å². The molecule has 1 aliphatic heterocycles. The van der Waals surface area contributed by atoms with Crippen LogP contribution in [0.3, 0.4) is 0 Å². The predicted molar refractivity (Wildman–Crippen MR) is 136 cm³/mol. The van der Waals surface area contributed by atoms with Crippen LogP contribution in [-0.2, 0) is 4.79 Å². The summed E-state index contributed by atoms with van der Waals surface area (Å²) >= 11 is 1.49. The third-order valence-corrected chi connectivity index (χ3v) is 7.19. The van der Waals surface area contributed by atoms with Gasteiger partial charge in [-0.05, 0) is 72.8 Å². The predicted octanol–water partition coefficient (Wildman–Crippen LogP) is 6.37. The third kappa shape index (κ3) is 3.66. The lowest BCUT2D eigenvalue weighted by Gasteiger charge is -2.28. The first-order valence-electron chi connectivity index (χ1n) is 10.9. The molecule has 4 aromatic rings.